The van der Waals surface area contributed by atoms with E-state index in [0.29, 0.717) is 0 Å². The molecular formula is C15H26O4. The van der Waals surface area contributed by atoms with Gasteiger partial charge in [0.2, 0.25) is 11.6 Å². The van der Waals surface area contributed by atoms with Gasteiger partial charge in [-0.25, -0.2) is 0 Å². The lowest BCUT2D eigenvalue weighted by atomic mass is 9.89. The fraction of sp³-hybridized carbons (Fsp3) is 0.867. The fourth-order valence-corrected chi connectivity index (χ4v) is 3.19. The highest BCUT2D eigenvalue weighted by atomic mass is 17.3. The molecule has 19 heavy (non-hydrogen) atoms. The highest BCUT2D eigenvalue weighted by molar-refractivity contribution is 4.89. The molecule has 4 nitrogen and oxygen atoms in total. The molecule has 4 atom stereocenters. The summed E-state index contributed by atoms with van der Waals surface area (Å²) in [5, 5.41) is 0. The Hall–Kier alpha value is -0.420. The monoisotopic (exact) mass is 270 g/mol. The summed E-state index contributed by atoms with van der Waals surface area (Å²) < 4.78 is 11.7. The zero-order chi connectivity index (χ0) is 13.9. The van der Waals surface area contributed by atoms with Gasteiger partial charge in [0.25, 0.3) is 0 Å². The molecular weight excluding hydrogens is 244 g/mol. The molecule has 0 aromatic carbocycles. The summed E-state index contributed by atoms with van der Waals surface area (Å²) in [4.78, 5) is 11.2. The standard InChI is InChI=1S/C15H26O4/c1-5-8-12(6-2)14(3)17-15(19-18-14)10-7-9-13(11-15)16-4/h5,12-13H,1,6-11H2,2-4H3/t12?,13?,14-,15-/m1/s1. The zero-order valence-corrected chi connectivity index (χ0v) is 12.3. The minimum atomic E-state index is -0.682. The van der Waals surface area contributed by atoms with Crippen molar-refractivity contribution in [1.29, 1.82) is 0 Å². The molecule has 1 aliphatic carbocycles. The molecule has 0 bridgehead atoms. The average molecular weight is 270 g/mol. The maximum absolute atomic E-state index is 6.24. The predicted molar refractivity (Wildman–Crippen MR) is 72.3 cm³/mol. The third-order valence-corrected chi connectivity index (χ3v) is 4.39. The molecule has 2 aliphatic rings. The quantitative estimate of drug-likeness (QED) is 0.565. The maximum atomic E-state index is 6.24. The van der Waals surface area contributed by atoms with Crippen LogP contribution in [0.5, 0.6) is 0 Å². The van der Waals surface area contributed by atoms with Crippen LogP contribution in [-0.4, -0.2) is 24.8 Å². The van der Waals surface area contributed by atoms with Crippen molar-refractivity contribution in [2.75, 3.05) is 7.11 Å². The molecule has 0 amide bonds. The van der Waals surface area contributed by atoms with E-state index in [0.717, 1.165) is 38.5 Å². The molecule has 0 N–H and O–H groups in total. The lowest BCUT2D eigenvalue weighted by molar-refractivity contribution is -0.361. The minimum Gasteiger partial charge on any atom is -0.381 e. The molecule has 1 saturated carbocycles. The smallest absolute Gasteiger partial charge is 0.207 e. The van der Waals surface area contributed by atoms with Crippen molar-refractivity contribution < 1.29 is 19.2 Å². The van der Waals surface area contributed by atoms with E-state index in [2.05, 4.69) is 13.5 Å². The molecule has 0 radical (unpaired) electrons. The van der Waals surface area contributed by atoms with E-state index in [1.165, 1.54) is 0 Å². The first-order valence-electron chi connectivity index (χ1n) is 7.28. The first kappa shape index (κ1) is 15.0. The largest absolute Gasteiger partial charge is 0.381 e. The molecule has 1 spiro atoms. The van der Waals surface area contributed by atoms with E-state index in [1.54, 1.807) is 7.11 Å². The maximum Gasteiger partial charge on any atom is 0.207 e. The van der Waals surface area contributed by atoms with Gasteiger partial charge in [-0.3, -0.25) is 0 Å². The van der Waals surface area contributed by atoms with Crippen molar-refractivity contribution in [3.05, 3.63) is 12.7 Å². The van der Waals surface area contributed by atoms with Crippen LogP contribution < -0.4 is 0 Å². The Morgan fingerprint density at radius 3 is 2.89 bits per heavy atom. The molecule has 2 rings (SSSR count). The van der Waals surface area contributed by atoms with Crippen molar-refractivity contribution in [3.63, 3.8) is 0 Å². The van der Waals surface area contributed by atoms with Gasteiger partial charge in [0.05, 0.1) is 6.10 Å². The van der Waals surface area contributed by atoms with Gasteiger partial charge in [-0.1, -0.05) is 13.0 Å². The highest BCUT2D eigenvalue weighted by Gasteiger charge is 2.54. The van der Waals surface area contributed by atoms with Gasteiger partial charge in [-0.05, 0) is 32.6 Å². The SMILES string of the molecule is C=CCC(CC)[C@@]1(C)OO[C@@]2(CCCC(OC)C2)O1. The molecule has 110 valence electrons. The molecule has 1 aliphatic heterocycles. The predicted octanol–water partition coefficient (Wildman–Crippen LogP) is 3.57. The second-order valence-corrected chi connectivity index (χ2v) is 5.78. The van der Waals surface area contributed by atoms with E-state index in [-0.39, 0.29) is 12.0 Å². The normalized spacial score (nSPS) is 40.5. The summed E-state index contributed by atoms with van der Waals surface area (Å²) >= 11 is 0. The average Bonchev–Trinajstić information content (AvgIpc) is 2.74. The van der Waals surface area contributed by atoms with Crippen LogP contribution in [0.25, 0.3) is 0 Å². The van der Waals surface area contributed by atoms with Gasteiger partial charge in [0.15, 0.2) is 0 Å². The molecule has 4 heteroatoms. The molecule has 2 unspecified atom stereocenters. The van der Waals surface area contributed by atoms with Crippen LogP contribution in [0.1, 0.15) is 52.4 Å². The van der Waals surface area contributed by atoms with Crippen LogP contribution in [0.4, 0.5) is 0 Å². The minimum absolute atomic E-state index is 0.194. The second-order valence-electron chi connectivity index (χ2n) is 5.78. The summed E-state index contributed by atoms with van der Waals surface area (Å²) in [5.74, 6) is -1.05. The van der Waals surface area contributed by atoms with Crippen LogP contribution in [0.2, 0.25) is 0 Å². The number of allylic oxidation sites excluding steroid dienone is 1. The van der Waals surface area contributed by atoms with Crippen LogP contribution in [0.15, 0.2) is 12.7 Å². The van der Waals surface area contributed by atoms with Crippen molar-refractivity contribution >= 4 is 0 Å². The van der Waals surface area contributed by atoms with E-state index in [4.69, 9.17) is 19.2 Å². The highest BCUT2D eigenvalue weighted by Crippen LogP contribution is 2.47. The Labute approximate surface area is 116 Å². The lowest BCUT2D eigenvalue weighted by Gasteiger charge is -2.36. The van der Waals surface area contributed by atoms with E-state index in [1.807, 2.05) is 13.0 Å². The van der Waals surface area contributed by atoms with Gasteiger partial charge in [0.1, 0.15) is 0 Å². The van der Waals surface area contributed by atoms with Crippen molar-refractivity contribution in [2.24, 2.45) is 5.92 Å². The Bertz CT molecular complexity index is 319. The van der Waals surface area contributed by atoms with Gasteiger partial charge in [-0.15, -0.1) is 6.58 Å². The van der Waals surface area contributed by atoms with Gasteiger partial charge in [0, 0.05) is 25.9 Å². The van der Waals surface area contributed by atoms with Crippen LogP contribution in [-0.2, 0) is 19.2 Å². The topological polar surface area (TPSA) is 36.9 Å². The third-order valence-electron chi connectivity index (χ3n) is 4.39. The number of methoxy groups -OCH3 is 1. The third kappa shape index (κ3) is 3.02. The number of ether oxygens (including phenoxy) is 2. The molecule has 1 saturated heterocycles. The lowest BCUT2D eigenvalue weighted by Crippen LogP contribution is -2.43. The molecule has 2 fully saturated rings. The Balaban J connectivity index is 2.06. The van der Waals surface area contributed by atoms with E-state index < -0.39 is 11.6 Å². The van der Waals surface area contributed by atoms with Crippen LogP contribution >= 0.6 is 0 Å². The summed E-state index contributed by atoms with van der Waals surface area (Å²) in [5.41, 5.74) is 0. The van der Waals surface area contributed by atoms with Crippen molar-refractivity contribution in [1.82, 2.24) is 0 Å². The second kappa shape index (κ2) is 5.92. The zero-order valence-electron chi connectivity index (χ0n) is 12.3. The molecule has 0 aromatic rings. The van der Waals surface area contributed by atoms with E-state index >= 15 is 0 Å². The van der Waals surface area contributed by atoms with Crippen LogP contribution in [0, 0.1) is 5.92 Å². The number of hydrogen-bond donors (Lipinski definition) is 0. The number of rotatable bonds is 5. The fourth-order valence-electron chi connectivity index (χ4n) is 3.19. The Morgan fingerprint density at radius 2 is 2.26 bits per heavy atom. The summed E-state index contributed by atoms with van der Waals surface area (Å²) in [7, 11) is 1.74. The first-order chi connectivity index (χ1) is 9.07. The molecule has 1 heterocycles. The summed E-state index contributed by atoms with van der Waals surface area (Å²) in [6, 6.07) is 0. The van der Waals surface area contributed by atoms with Gasteiger partial charge in [-0.2, -0.15) is 9.78 Å². The van der Waals surface area contributed by atoms with Gasteiger partial charge < -0.3 is 9.47 Å². The molecule has 0 aromatic heterocycles. The van der Waals surface area contributed by atoms with Gasteiger partial charge >= 0.3 is 0 Å². The first-order valence-corrected chi connectivity index (χ1v) is 7.28. The van der Waals surface area contributed by atoms with Crippen molar-refractivity contribution in [3.8, 4) is 0 Å². The Morgan fingerprint density at radius 1 is 1.47 bits per heavy atom. The van der Waals surface area contributed by atoms with E-state index in [9.17, 15) is 0 Å². The Kier molecular flexibility index (Phi) is 4.66. The van der Waals surface area contributed by atoms with Crippen molar-refractivity contribution in [2.45, 2.75) is 70.1 Å². The summed E-state index contributed by atoms with van der Waals surface area (Å²) in [6.07, 6.45) is 7.64. The number of hydrogen-bond acceptors (Lipinski definition) is 4. The van der Waals surface area contributed by atoms with Crippen LogP contribution in [0.3, 0.4) is 0 Å². The summed E-state index contributed by atoms with van der Waals surface area (Å²) in [6.45, 7) is 7.91.